The molecular weight excluding hydrogens is 331 g/mol. The minimum absolute atomic E-state index is 0.0171. The largest absolute Gasteiger partial charge is 0.296 e. The van der Waals surface area contributed by atoms with Gasteiger partial charge >= 0.3 is 0 Å². The first-order chi connectivity index (χ1) is 12.6. The molecule has 7 heteroatoms. The molecule has 0 unspecified atom stereocenters. The summed E-state index contributed by atoms with van der Waals surface area (Å²) in [6.07, 6.45) is 6.22. The van der Waals surface area contributed by atoms with Crippen LogP contribution in [0.5, 0.6) is 0 Å². The van der Waals surface area contributed by atoms with Crippen LogP contribution in [-0.2, 0) is 13.6 Å². The molecule has 4 rings (SSSR count). The van der Waals surface area contributed by atoms with E-state index in [1.165, 1.54) is 37.8 Å². The van der Waals surface area contributed by atoms with Crippen LogP contribution < -0.4 is 0 Å². The zero-order valence-electron chi connectivity index (χ0n) is 15.8. The van der Waals surface area contributed by atoms with Crippen LogP contribution in [0.25, 0.3) is 0 Å². The van der Waals surface area contributed by atoms with Gasteiger partial charge < -0.3 is 0 Å². The summed E-state index contributed by atoms with van der Waals surface area (Å²) in [5.74, 6) is 2.37. The van der Waals surface area contributed by atoms with Gasteiger partial charge in [-0.05, 0) is 25.8 Å². The van der Waals surface area contributed by atoms with E-state index in [1.807, 2.05) is 18.7 Å². The Morgan fingerprint density at radius 2 is 2.04 bits per heavy atom. The molecular formula is C19H29FN6. The van der Waals surface area contributed by atoms with Crippen molar-refractivity contribution in [3.63, 3.8) is 0 Å². The number of aryl methyl sites for hydroxylation is 2. The van der Waals surface area contributed by atoms with Crippen LogP contribution in [0.1, 0.15) is 67.0 Å². The fourth-order valence-electron chi connectivity index (χ4n) is 4.59. The molecule has 2 aliphatic rings. The number of aromatic amines is 1. The zero-order chi connectivity index (χ0) is 18.1. The Morgan fingerprint density at radius 3 is 2.73 bits per heavy atom. The molecule has 1 saturated carbocycles. The number of rotatable bonds is 5. The predicted molar refractivity (Wildman–Crippen MR) is 97.6 cm³/mol. The number of likely N-dealkylation sites (tertiary alicyclic amines) is 1. The Morgan fingerprint density at radius 1 is 1.23 bits per heavy atom. The number of halogens is 1. The van der Waals surface area contributed by atoms with Crippen LogP contribution >= 0.6 is 0 Å². The number of aromatic nitrogens is 5. The van der Waals surface area contributed by atoms with Gasteiger partial charge in [0.1, 0.15) is 5.82 Å². The molecule has 1 aliphatic heterocycles. The highest BCUT2D eigenvalue weighted by Gasteiger charge is 2.36. The molecule has 26 heavy (non-hydrogen) atoms. The number of nitrogens with one attached hydrogen (secondary N) is 1. The maximum atomic E-state index is 13.7. The Balaban J connectivity index is 1.45. The van der Waals surface area contributed by atoms with Gasteiger partial charge in [0.25, 0.3) is 0 Å². The van der Waals surface area contributed by atoms with Gasteiger partial charge in [-0.1, -0.05) is 19.3 Å². The SMILES string of the molecule is Cc1cc(CN2C[C@@H](CF)[C@H](c3nc(C4CCCCC4)n[nH]3)C2)n(C)n1. The second-order valence-electron chi connectivity index (χ2n) is 8.03. The van der Waals surface area contributed by atoms with Crippen molar-refractivity contribution < 1.29 is 4.39 Å². The lowest BCUT2D eigenvalue weighted by atomic mass is 9.89. The average Bonchev–Trinajstić information content (AvgIpc) is 3.35. The van der Waals surface area contributed by atoms with Gasteiger partial charge in [-0.3, -0.25) is 19.1 Å². The molecule has 2 aromatic heterocycles. The number of H-pyrrole nitrogens is 1. The second kappa shape index (κ2) is 7.47. The lowest BCUT2D eigenvalue weighted by Crippen LogP contribution is -2.22. The molecule has 1 aliphatic carbocycles. The fraction of sp³-hybridized carbons (Fsp3) is 0.737. The molecule has 142 valence electrons. The van der Waals surface area contributed by atoms with Crippen LogP contribution in [0.4, 0.5) is 4.39 Å². The van der Waals surface area contributed by atoms with Crippen LogP contribution in [0.15, 0.2) is 6.07 Å². The molecule has 0 amide bonds. The summed E-state index contributed by atoms with van der Waals surface area (Å²) in [7, 11) is 1.97. The normalized spacial score (nSPS) is 25.2. The van der Waals surface area contributed by atoms with Crippen LogP contribution in [0.2, 0.25) is 0 Å². The Labute approximate surface area is 154 Å². The van der Waals surface area contributed by atoms with E-state index >= 15 is 0 Å². The minimum atomic E-state index is -0.314. The van der Waals surface area contributed by atoms with E-state index in [1.54, 1.807) is 0 Å². The highest BCUT2D eigenvalue weighted by atomic mass is 19.1. The smallest absolute Gasteiger partial charge is 0.153 e. The second-order valence-corrected chi connectivity index (χ2v) is 8.03. The van der Waals surface area contributed by atoms with Gasteiger partial charge in [-0.2, -0.15) is 10.2 Å². The van der Waals surface area contributed by atoms with Gasteiger partial charge in [0.15, 0.2) is 5.82 Å². The average molecular weight is 360 g/mol. The number of alkyl halides is 1. The molecule has 2 atom stereocenters. The lowest BCUT2D eigenvalue weighted by Gasteiger charge is -2.18. The molecule has 0 spiro atoms. The maximum absolute atomic E-state index is 13.7. The minimum Gasteiger partial charge on any atom is -0.296 e. The van der Waals surface area contributed by atoms with Crippen molar-refractivity contribution in [2.24, 2.45) is 13.0 Å². The third-order valence-electron chi connectivity index (χ3n) is 6.04. The van der Waals surface area contributed by atoms with Crippen LogP contribution in [0, 0.1) is 12.8 Å². The van der Waals surface area contributed by atoms with Crippen molar-refractivity contribution in [2.75, 3.05) is 19.8 Å². The van der Waals surface area contributed by atoms with Crippen molar-refractivity contribution >= 4 is 0 Å². The first-order valence-corrected chi connectivity index (χ1v) is 9.84. The molecule has 2 fully saturated rings. The zero-order valence-corrected chi connectivity index (χ0v) is 15.8. The first-order valence-electron chi connectivity index (χ1n) is 9.84. The molecule has 1 N–H and O–H groups in total. The Hall–Kier alpha value is -1.76. The van der Waals surface area contributed by atoms with E-state index in [9.17, 15) is 4.39 Å². The van der Waals surface area contributed by atoms with Gasteiger partial charge in [0, 0.05) is 44.4 Å². The summed E-state index contributed by atoms with van der Waals surface area (Å²) in [5.41, 5.74) is 2.19. The molecule has 3 heterocycles. The number of hydrogen-bond donors (Lipinski definition) is 1. The number of hydrogen-bond acceptors (Lipinski definition) is 4. The molecule has 0 bridgehead atoms. The third kappa shape index (κ3) is 3.54. The summed E-state index contributed by atoms with van der Waals surface area (Å²) in [6.45, 7) is 4.06. The summed E-state index contributed by atoms with van der Waals surface area (Å²) in [5, 5.41) is 12.0. The van der Waals surface area contributed by atoms with Crippen molar-refractivity contribution in [2.45, 2.75) is 57.4 Å². The van der Waals surface area contributed by atoms with Gasteiger partial charge in [-0.25, -0.2) is 4.98 Å². The lowest BCUT2D eigenvalue weighted by molar-refractivity contribution is 0.289. The van der Waals surface area contributed by atoms with Crippen molar-refractivity contribution in [1.82, 2.24) is 29.9 Å². The molecule has 0 aromatic carbocycles. The maximum Gasteiger partial charge on any atom is 0.153 e. The summed E-state index contributed by atoms with van der Waals surface area (Å²) >= 11 is 0. The van der Waals surface area contributed by atoms with Crippen LogP contribution in [-0.4, -0.2) is 49.6 Å². The molecule has 1 saturated heterocycles. The Kier molecular flexibility index (Phi) is 5.07. The summed E-state index contributed by atoms with van der Waals surface area (Å²) in [4.78, 5) is 7.11. The predicted octanol–water partition coefficient (Wildman–Crippen LogP) is 3.08. The highest BCUT2D eigenvalue weighted by Crippen LogP contribution is 2.35. The Bertz CT molecular complexity index is 732. The summed E-state index contributed by atoms with van der Waals surface area (Å²) in [6, 6.07) is 2.10. The highest BCUT2D eigenvalue weighted by molar-refractivity contribution is 5.11. The molecule has 2 aromatic rings. The third-order valence-corrected chi connectivity index (χ3v) is 6.04. The molecule has 6 nitrogen and oxygen atoms in total. The van der Waals surface area contributed by atoms with E-state index in [0.29, 0.717) is 5.92 Å². The fourth-order valence-corrected chi connectivity index (χ4v) is 4.59. The van der Waals surface area contributed by atoms with E-state index in [4.69, 9.17) is 4.98 Å². The van der Waals surface area contributed by atoms with Crippen molar-refractivity contribution in [3.8, 4) is 0 Å². The van der Waals surface area contributed by atoms with E-state index in [2.05, 4.69) is 26.3 Å². The number of nitrogens with zero attached hydrogens (tertiary/aromatic N) is 5. The molecule has 0 radical (unpaired) electrons. The van der Waals surface area contributed by atoms with Crippen LogP contribution in [0.3, 0.4) is 0 Å². The summed E-state index contributed by atoms with van der Waals surface area (Å²) < 4.78 is 15.6. The van der Waals surface area contributed by atoms with E-state index in [0.717, 1.165) is 37.0 Å². The van der Waals surface area contributed by atoms with Crippen molar-refractivity contribution in [3.05, 3.63) is 29.1 Å². The first kappa shape index (κ1) is 17.6. The topological polar surface area (TPSA) is 62.6 Å². The van der Waals surface area contributed by atoms with Gasteiger partial charge in [0.05, 0.1) is 18.1 Å². The van der Waals surface area contributed by atoms with E-state index in [-0.39, 0.29) is 18.5 Å². The van der Waals surface area contributed by atoms with Crippen molar-refractivity contribution in [1.29, 1.82) is 0 Å². The monoisotopic (exact) mass is 360 g/mol. The van der Waals surface area contributed by atoms with E-state index < -0.39 is 0 Å². The quantitative estimate of drug-likeness (QED) is 0.890. The van der Waals surface area contributed by atoms with Gasteiger partial charge in [0.2, 0.25) is 0 Å². The van der Waals surface area contributed by atoms with Gasteiger partial charge in [-0.15, -0.1) is 0 Å². The standard InChI is InChI=1S/C19H29FN6/c1-13-8-16(25(2)24-13)11-26-10-15(9-20)17(12-26)19-21-18(22-23-19)14-6-4-3-5-7-14/h8,14-15,17H,3-7,9-12H2,1-2H3,(H,21,22,23)/t15-,17-/m1/s1.